The summed E-state index contributed by atoms with van der Waals surface area (Å²) in [5.41, 5.74) is 5.37. The van der Waals surface area contributed by atoms with Gasteiger partial charge in [-0.1, -0.05) is 24.8 Å². The van der Waals surface area contributed by atoms with Gasteiger partial charge in [-0.05, 0) is 43.4 Å². The van der Waals surface area contributed by atoms with Gasteiger partial charge in [-0.25, -0.2) is 4.98 Å². The molecule has 2 aromatic rings. The molecule has 36 heavy (non-hydrogen) atoms. The molecule has 1 aromatic heterocycles. The maximum absolute atomic E-state index is 12.1. The second-order valence-corrected chi connectivity index (χ2v) is 10.4. The lowest BCUT2D eigenvalue weighted by atomic mass is 9.88. The van der Waals surface area contributed by atoms with Gasteiger partial charge in [0.25, 0.3) is 0 Å². The highest BCUT2D eigenvalue weighted by Gasteiger charge is 2.35. The van der Waals surface area contributed by atoms with Crippen molar-refractivity contribution in [3.63, 3.8) is 0 Å². The Balaban J connectivity index is 1.29. The van der Waals surface area contributed by atoms with Crippen LogP contribution in [0.3, 0.4) is 0 Å². The molecule has 4 aliphatic rings. The maximum Gasteiger partial charge on any atom is 0.246 e. The summed E-state index contributed by atoms with van der Waals surface area (Å²) in [5.74, 6) is 1.90. The molecular formula is C28H36N6O2. The zero-order valence-corrected chi connectivity index (χ0v) is 21.2. The summed E-state index contributed by atoms with van der Waals surface area (Å²) in [6.45, 7) is 9.38. The number of piperazine rings is 1. The Morgan fingerprint density at radius 1 is 1.06 bits per heavy atom. The summed E-state index contributed by atoms with van der Waals surface area (Å²) in [6, 6.07) is 9.35. The molecule has 0 spiro atoms. The highest BCUT2D eigenvalue weighted by atomic mass is 16.5. The van der Waals surface area contributed by atoms with Gasteiger partial charge in [0.15, 0.2) is 0 Å². The van der Waals surface area contributed by atoms with Crippen LogP contribution in [0, 0.1) is 0 Å². The third kappa shape index (κ3) is 4.21. The van der Waals surface area contributed by atoms with Gasteiger partial charge in [-0.2, -0.15) is 4.98 Å². The van der Waals surface area contributed by atoms with Gasteiger partial charge in [0.2, 0.25) is 11.9 Å². The number of benzene rings is 1. The van der Waals surface area contributed by atoms with Crippen molar-refractivity contribution >= 4 is 23.4 Å². The van der Waals surface area contributed by atoms with Crippen molar-refractivity contribution in [2.45, 2.75) is 44.2 Å². The van der Waals surface area contributed by atoms with Crippen LogP contribution in [-0.4, -0.2) is 85.8 Å². The second-order valence-electron chi connectivity index (χ2n) is 10.4. The van der Waals surface area contributed by atoms with Crippen molar-refractivity contribution in [2.24, 2.45) is 0 Å². The molecule has 190 valence electrons. The number of ether oxygens (including phenoxy) is 1. The Morgan fingerprint density at radius 2 is 1.86 bits per heavy atom. The number of methoxy groups -OCH3 is 1. The molecule has 2 fully saturated rings. The molecule has 0 N–H and O–H groups in total. The van der Waals surface area contributed by atoms with Gasteiger partial charge in [0, 0.05) is 76.6 Å². The van der Waals surface area contributed by atoms with E-state index in [1.54, 1.807) is 7.11 Å². The van der Waals surface area contributed by atoms with Crippen LogP contribution in [0.15, 0.2) is 36.9 Å². The van der Waals surface area contributed by atoms with E-state index in [0.29, 0.717) is 19.1 Å². The number of aryl methyl sites for hydroxylation is 1. The topological polar surface area (TPSA) is 65.0 Å². The summed E-state index contributed by atoms with van der Waals surface area (Å²) in [5, 5.41) is 0. The summed E-state index contributed by atoms with van der Waals surface area (Å²) in [4.78, 5) is 31.5. The van der Waals surface area contributed by atoms with Crippen molar-refractivity contribution in [2.75, 3.05) is 67.6 Å². The van der Waals surface area contributed by atoms with Gasteiger partial charge in [-0.15, -0.1) is 0 Å². The van der Waals surface area contributed by atoms with Gasteiger partial charge in [0.05, 0.1) is 11.8 Å². The Labute approximate surface area is 213 Å². The smallest absolute Gasteiger partial charge is 0.246 e. The van der Waals surface area contributed by atoms with E-state index in [2.05, 4.69) is 45.5 Å². The first kappa shape index (κ1) is 23.3. The lowest BCUT2D eigenvalue weighted by Gasteiger charge is -2.43. The fourth-order valence-electron chi connectivity index (χ4n) is 6.19. The quantitative estimate of drug-likeness (QED) is 0.599. The summed E-state index contributed by atoms with van der Waals surface area (Å²) >= 11 is 0. The van der Waals surface area contributed by atoms with E-state index in [1.807, 2.05) is 4.90 Å². The van der Waals surface area contributed by atoms with Gasteiger partial charge >= 0.3 is 0 Å². The van der Waals surface area contributed by atoms with Gasteiger partial charge in [-0.3, -0.25) is 4.79 Å². The number of rotatable bonds is 5. The normalized spacial score (nSPS) is 22.1. The minimum Gasteiger partial charge on any atom is -0.378 e. The third-order valence-electron chi connectivity index (χ3n) is 8.33. The zero-order chi connectivity index (χ0) is 24.6. The molecule has 3 aliphatic heterocycles. The van der Waals surface area contributed by atoms with E-state index >= 15 is 0 Å². The van der Waals surface area contributed by atoms with Gasteiger partial charge in [0.1, 0.15) is 5.82 Å². The third-order valence-corrected chi connectivity index (χ3v) is 8.33. The van der Waals surface area contributed by atoms with Crippen molar-refractivity contribution in [1.82, 2.24) is 14.9 Å². The summed E-state index contributed by atoms with van der Waals surface area (Å²) in [6.07, 6.45) is 7.09. The van der Waals surface area contributed by atoms with Crippen molar-refractivity contribution in [3.8, 4) is 0 Å². The second kappa shape index (κ2) is 9.73. The molecular weight excluding hydrogens is 452 g/mol. The average Bonchev–Trinajstić information content (AvgIpc) is 2.91. The Bertz CT molecular complexity index is 1140. The minimum absolute atomic E-state index is 0.0101. The van der Waals surface area contributed by atoms with Crippen LogP contribution in [0.4, 0.5) is 17.5 Å². The van der Waals surface area contributed by atoms with E-state index < -0.39 is 0 Å². The molecule has 8 heteroatoms. The number of para-hydroxylation sites is 1. The predicted molar refractivity (Wildman–Crippen MR) is 142 cm³/mol. The molecule has 1 unspecified atom stereocenters. The molecule has 0 bridgehead atoms. The fourth-order valence-corrected chi connectivity index (χ4v) is 6.19. The monoisotopic (exact) mass is 488 g/mol. The lowest BCUT2D eigenvalue weighted by molar-refractivity contribution is -0.126. The molecule has 1 aliphatic carbocycles. The average molecular weight is 489 g/mol. The van der Waals surface area contributed by atoms with Crippen LogP contribution in [0.2, 0.25) is 0 Å². The molecule has 1 atom stereocenters. The SMILES string of the molecule is C=CC(=O)N1CCN(c2nc(N3CC(OC)C3)nc3c2CCC(N2CCCc4ccccc42)C3)CC1. The van der Waals surface area contributed by atoms with E-state index in [9.17, 15) is 4.79 Å². The number of amides is 1. The van der Waals surface area contributed by atoms with E-state index in [0.717, 1.165) is 63.8 Å². The largest absolute Gasteiger partial charge is 0.378 e. The van der Waals surface area contributed by atoms with Crippen molar-refractivity contribution < 1.29 is 9.53 Å². The first-order valence-corrected chi connectivity index (χ1v) is 13.3. The molecule has 1 amide bonds. The minimum atomic E-state index is 0.0101. The molecule has 8 nitrogen and oxygen atoms in total. The summed E-state index contributed by atoms with van der Waals surface area (Å²) in [7, 11) is 1.77. The number of carbonyl (C=O) groups excluding carboxylic acids is 1. The number of nitrogens with zero attached hydrogens (tertiary/aromatic N) is 6. The number of anilines is 3. The van der Waals surface area contributed by atoms with E-state index in [-0.39, 0.29) is 12.0 Å². The molecule has 0 radical (unpaired) electrons. The van der Waals surface area contributed by atoms with Crippen LogP contribution in [0.1, 0.15) is 29.7 Å². The van der Waals surface area contributed by atoms with E-state index in [4.69, 9.17) is 14.7 Å². The Hall–Kier alpha value is -3.13. The fraction of sp³-hybridized carbons (Fsp3) is 0.536. The number of carbonyl (C=O) groups is 1. The molecule has 4 heterocycles. The highest BCUT2D eigenvalue weighted by Crippen LogP contribution is 2.37. The molecule has 2 saturated heterocycles. The van der Waals surface area contributed by atoms with Crippen LogP contribution in [0.25, 0.3) is 0 Å². The van der Waals surface area contributed by atoms with Crippen LogP contribution < -0.4 is 14.7 Å². The molecule has 6 rings (SSSR count). The number of hydrogen-bond acceptors (Lipinski definition) is 7. The van der Waals surface area contributed by atoms with Crippen LogP contribution in [-0.2, 0) is 28.8 Å². The molecule has 0 saturated carbocycles. The molecule has 1 aromatic carbocycles. The first-order chi connectivity index (χ1) is 17.6. The number of hydrogen-bond donors (Lipinski definition) is 0. The summed E-state index contributed by atoms with van der Waals surface area (Å²) < 4.78 is 5.51. The van der Waals surface area contributed by atoms with Gasteiger partial charge < -0.3 is 24.3 Å². The Kier molecular flexibility index (Phi) is 6.29. The van der Waals surface area contributed by atoms with Crippen molar-refractivity contribution in [3.05, 3.63) is 53.7 Å². The first-order valence-electron chi connectivity index (χ1n) is 13.3. The zero-order valence-electron chi connectivity index (χ0n) is 21.2. The predicted octanol–water partition coefficient (Wildman–Crippen LogP) is 2.46. The maximum atomic E-state index is 12.1. The standard InChI is InChI=1S/C28H36N6O2/c1-3-26(35)31-13-15-32(16-14-31)27-23-11-10-21(34-12-6-8-20-7-4-5-9-25(20)34)17-24(23)29-28(30-27)33-18-22(19-33)36-2/h3-5,7,9,21-22H,1,6,8,10-19H2,2H3. The number of aromatic nitrogens is 2. The van der Waals surface area contributed by atoms with E-state index in [1.165, 1.54) is 41.4 Å². The highest BCUT2D eigenvalue weighted by molar-refractivity contribution is 5.87. The lowest BCUT2D eigenvalue weighted by Crippen LogP contribution is -2.53. The van der Waals surface area contributed by atoms with Crippen LogP contribution >= 0.6 is 0 Å². The number of fused-ring (bicyclic) bond motifs is 2. The Morgan fingerprint density at radius 3 is 2.64 bits per heavy atom. The van der Waals surface area contributed by atoms with Crippen LogP contribution in [0.5, 0.6) is 0 Å². The van der Waals surface area contributed by atoms with Crippen molar-refractivity contribution in [1.29, 1.82) is 0 Å².